The second kappa shape index (κ2) is 8.92. The molecule has 0 bridgehead atoms. The van der Waals surface area contributed by atoms with Crippen LogP contribution in [-0.4, -0.2) is 43.6 Å². The largest absolute Gasteiger partial charge is 0.478 e. The highest BCUT2D eigenvalue weighted by molar-refractivity contribution is 5.15. The van der Waals surface area contributed by atoms with Gasteiger partial charge in [-0.2, -0.15) is 0 Å². The predicted molar refractivity (Wildman–Crippen MR) is 63.0 cm³/mol. The van der Waals surface area contributed by atoms with Gasteiger partial charge in [0.15, 0.2) is 0 Å². The van der Waals surface area contributed by atoms with Crippen molar-refractivity contribution in [2.75, 3.05) is 33.5 Å². The van der Waals surface area contributed by atoms with E-state index in [4.69, 9.17) is 19.3 Å². The molecule has 0 spiro atoms. The van der Waals surface area contributed by atoms with Crippen LogP contribution >= 0.6 is 0 Å². The molecule has 1 heterocycles. The number of rotatable bonds is 9. The molecule has 1 N–H and O–H groups in total. The first-order valence-electron chi connectivity index (χ1n) is 5.63. The maximum Gasteiger partial charge on any atom is 0.213 e. The molecule has 0 aliphatic rings. The van der Waals surface area contributed by atoms with Crippen LogP contribution in [0.4, 0.5) is 0 Å². The molecule has 5 nitrogen and oxygen atoms in total. The summed E-state index contributed by atoms with van der Waals surface area (Å²) >= 11 is 0. The highest BCUT2D eigenvalue weighted by Crippen LogP contribution is 2.07. The van der Waals surface area contributed by atoms with E-state index in [2.05, 4.69) is 4.98 Å². The fraction of sp³-hybridized carbons (Fsp3) is 0.583. The molecule has 0 aromatic carbocycles. The quantitative estimate of drug-likeness (QED) is 0.654. The molecule has 0 unspecified atom stereocenters. The van der Waals surface area contributed by atoms with Crippen LogP contribution in [-0.2, 0) is 16.1 Å². The second-order valence-electron chi connectivity index (χ2n) is 3.43. The van der Waals surface area contributed by atoms with Gasteiger partial charge in [0.25, 0.3) is 0 Å². The van der Waals surface area contributed by atoms with E-state index >= 15 is 0 Å². The Balaban J connectivity index is 2.09. The van der Waals surface area contributed by atoms with Gasteiger partial charge in [-0.15, -0.1) is 0 Å². The van der Waals surface area contributed by atoms with Crippen molar-refractivity contribution >= 4 is 0 Å². The molecule has 0 aliphatic heterocycles. The van der Waals surface area contributed by atoms with Crippen LogP contribution in [0.1, 0.15) is 12.1 Å². The van der Waals surface area contributed by atoms with Crippen LogP contribution in [0.15, 0.2) is 18.2 Å². The number of aliphatic hydroxyl groups excluding tert-OH is 1. The monoisotopic (exact) mass is 241 g/mol. The lowest BCUT2D eigenvalue weighted by atomic mass is 10.4. The molecule has 1 rings (SSSR count). The lowest BCUT2D eigenvalue weighted by Crippen LogP contribution is -2.07. The van der Waals surface area contributed by atoms with Crippen molar-refractivity contribution in [2.24, 2.45) is 0 Å². The van der Waals surface area contributed by atoms with Crippen LogP contribution in [0.5, 0.6) is 5.88 Å². The standard InChI is InChI=1S/C12H19NO4/c1-15-8-9-16-6-3-7-17-12-5-2-4-11(10-14)13-12/h2,4-5,14H,3,6-10H2,1H3. The molecule has 96 valence electrons. The first-order valence-corrected chi connectivity index (χ1v) is 5.63. The van der Waals surface area contributed by atoms with Crippen molar-refractivity contribution in [3.8, 4) is 5.88 Å². The van der Waals surface area contributed by atoms with Gasteiger partial charge in [0.1, 0.15) is 0 Å². The summed E-state index contributed by atoms with van der Waals surface area (Å²) in [5, 5.41) is 8.90. The third-order valence-electron chi connectivity index (χ3n) is 2.06. The smallest absolute Gasteiger partial charge is 0.213 e. The highest BCUT2D eigenvalue weighted by Gasteiger charge is 1.97. The maximum absolute atomic E-state index is 8.90. The number of aliphatic hydroxyl groups is 1. The molecular formula is C12H19NO4. The summed E-state index contributed by atoms with van der Waals surface area (Å²) < 4.78 is 15.6. The van der Waals surface area contributed by atoms with E-state index in [-0.39, 0.29) is 6.61 Å². The molecule has 0 amide bonds. The maximum atomic E-state index is 8.90. The van der Waals surface area contributed by atoms with E-state index < -0.39 is 0 Å². The number of methoxy groups -OCH3 is 1. The minimum absolute atomic E-state index is 0.0721. The number of aromatic nitrogens is 1. The Morgan fingerprint density at radius 2 is 2.06 bits per heavy atom. The van der Waals surface area contributed by atoms with Gasteiger partial charge in [-0.3, -0.25) is 0 Å². The van der Waals surface area contributed by atoms with Gasteiger partial charge in [0.05, 0.1) is 32.1 Å². The van der Waals surface area contributed by atoms with Gasteiger partial charge in [0.2, 0.25) is 5.88 Å². The van der Waals surface area contributed by atoms with Crippen molar-refractivity contribution in [2.45, 2.75) is 13.0 Å². The third kappa shape index (κ3) is 6.21. The van der Waals surface area contributed by atoms with Crippen molar-refractivity contribution in [3.63, 3.8) is 0 Å². The van der Waals surface area contributed by atoms with Crippen molar-refractivity contribution in [1.29, 1.82) is 0 Å². The Labute approximate surface area is 101 Å². The van der Waals surface area contributed by atoms with Crippen LogP contribution in [0.25, 0.3) is 0 Å². The molecular weight excluding hydrogens is 222 g/mol. The molecule has 5 heteroatoms. The molecule has 1 aromatic heterocycles. The van der Waals surface area contributed by atoms with Crippen molar-refractivity contribution in [1.82, 2.24) is 4.98 Å². The summed E-state index contributed by atoms with van der Waals surface area (Å²) in [7, 11) is 1.65. The van der Waals surface area contributed by atoms with Crippen LogP contribution < -0.4 is 4.74 Å². The van der Waals surface area contributed by atoms with Gasteiger partial charge in [-0.05, 0) is 6.07 Å². The zero-order valence-corrected chi connectivity index (χ0v) is 10.1. The summed E-state index contributed by atoms with van der Waals surface area (Å²) in [4.78, 5) is 4.11. The molecule has 0 aliphatic carbocycles. The molecule has 0 atom stereocenters. The third-order valence-corrected chi connectivity index (χ3v) is 2.06. The average molecular weight is 241 g/mol. The minimum atomic E-state index is -0.0721. The topological polar surface area (TPSA) is 60.8 Å². The van der Waals surface area contributed by atoms with Crippen LogP contribution in [0.3, 0.4) is 0 Å². The van der Waals surface area contributed by atoms with Crippen molar-refractivity contribution < 1.29 is 19.3 Å². The lowest BCUT2D eigenvalue weighted by molar-refractivity contribution is 0.0642. The van der Waals surface area contributed by atoms with Gasteiger partial charge in [-0.1, -0.05) is 6.07 Å². The summed E-state index contributed by atoms with van der Waals surface area (Å²) in [6, 6.07) is 5.33. The van der Waals surface area contributed by atoms with Crippen molar-refractivity contribution in [3.05, 3.63) is 23.9 Å². The Morgan fingerprint density at radius 1 is 1.18 bits per heavy atom. The Bertz CT molecular complexity index is 306. The van der Waals surface area contributed by atoms with E-state index in [9.17, 15) is 0 Å². The van der Waals surface area contributed by atoms with Gasteiger partial charge in [-0.25, -0.2) is 4.98 Å². The first-order chi connectivity index (χ1) is 8.36. The SMILES string of the molecule is COCCOCCCOc1cccc(CO)n1. The Morgan fingerprint density at radius 3 is 2.82 bits per heavy atom. The van der Waals surface area contributed by atoms with Crippen LogP contribution in [0, 0.1) is 0 Å². The summed E-state index contributed by atoms with van der Waals surface area (Å²) in [5.74, 6) is 0.536. The normalized spacial score (nSPS) is 10.5. The zero-order valence-electron chi connectivity index (χ0n) is 10.1. The Hall–Kier alpha value is -1.17. The minimum Gasteiger partial charge on any atom is -0.478 e. The lowest BCUT2D eigenvalue weighted by Gasteiger charge is -2.06. The van der Waals surface area contributed by atoms with E-state index in [1.165, 1.54) is 0 Å². The van der Waals surface area contributed by atoms with Crippen LogP contribution in [0.2, 0.25) is 0 Å². The fourth-order valence-corrected chi connectivity index (χ4v) is 1.21. The summed E-state index contributed by atoms with van der Waals surface area (Å²) in [5.41, 5.74) is 0.610. The van der Waals surface area contributed by atoms with E-state index in [0.29, 0.717) is 38.0 Å². The van der Waals surface area contributed by atoms with E-state index in [1.54, 1.807) is 19.2 Å². The van der Waals surface area contributed by atoms with Gasteiger partial charge in [0, 0.05) is 26.2 Å². The fourth-order valence-electron chi connectivity index (χ4n) is 1.21. The summed E-state index contributed by atoms with van der Waals surface area (Å²) in [6.45, 7) is 2.34. The van der Waals surface area contributed by atoms with Gasteiger partial charge >= 0.3 is 0 Å². The molecule has 1 aromatic rings. The van der Waals surface area contributed by atoms with E-state index in [1.807, 2.05) is 6.07 Å². The van der Waals surface area contributed by atoms with Gasteiger partial charge < -0.3 is 19.3 Å². The molecule has 0 radical (unpaired) electrons. The molecule has 0 fully saturated rings. The summed E-state index contributed by atoms with van der Waals surface area (Å²) in [6.07, 6.45) is 0.800. The number of hydrogen-bond acceptors (Lipinski definition) is 5. The second-order valence-corrected chi connectivity index (χ2v) is 3.43. The molecule has 17 heavy (non-hydrogen) atoms. The molecule has 0 saturated carbocycles. The number of pyridine rings is 1. The molecule has 0 saturated heterocycles. The zero-order chi connectivity index (χ0) is 12.3. The highest BCUT2D eigenvalue weighted by atomic mass is 16.5. The number of ether oxygens (including phenoxy) is 3. The number of hydrogen-bond donors (Lipinski definition) is 1. The van der Waals surface area contributed by atoms with E-state index in [0.717, 1.165) is 6.42 Å². The predicted octanol–water partition coefficient (Wildman–Crippen LogP) is 1.01. The first kappa shape index (κ1) is 13.9. The average Bonchev–Trinajstić information content (AvgIpc) is 2.38. The Kier molecular flexibility index (Phi) is 7.29. The number of nitrogens with zero attached hydrogens (tertiary/aromatic N) is 1.